The van der Waals surface area contributed by atoms with E-state index in [0.29, 0.717) is 23.9 Å². The van der Waals surface area contributed by atoms with Crippen molar-refractivity contribution in [3.05, 3.63) is 66.0 Å². The molecule has 0 aliphatic carbocycles. The van der Waals surface area contributed by atoms with Crippen LogP contribution in [-0.2, 0) is 11.3 Å². The maximum atomic E-state index is 12.8. The van der Waals surface area contributed by atoms with Gasteiger partial charge in [0.2, 0.25) is 5.91 Å². The van der Waals surface area contributed by atoms with Crippen molar-refractivity contribution in [2.45, 2.75) is 37.2 Å². The lowest BCUT2D eigenvalue weighted by atomic mass is 10.2. The monoisotopic (exact) mass is 391 g/mol. The van der Waals surface area contributed by atoms with Gasteiger partial charge in [-0.3, -0.25) is 4.79 Å². The van der Waals surface area contributed by atoms with Crippen LogP contribution < -0.4 is 5.32 Å². The van der Waals surface area contributed by atoms with Crippen LogP contribution in [0.3, 0.4) is 0 Å². The van der Waals surface area contributed by atoms with Gasteiger partial charge in [-0.25, -0.2) is 9.97 Å². The van der Waals surface area contributed by atoms with E-state index in [1.54, 1.807) is 4.52 Å². The molecule has 1 atom stereocenters. The molecule has 0 saturated carbocycles. The van der Waals surface area contributed by atoms with Gasteiger partial charge in [0.25, 0.3) is 0 Å². The number of thioether (sulfide) groups is 1. The number of amides is 1. The Hall–Kier alpha value is -2.93. The summed E-state index contributed by atoms with van der Waals surface area (Å²) in [5.41, 5.74) is 2.70. The molecule has 0 saturated heterocycles. The highest BCUT2D eigenvalue weighted by atomic mass is 32.2. The minimum absolute atomic E-state index is 0.00343. The molecule has 2 aromatic heterocycles. The number of hydrogen-bond donors (Lipinski definition) is 1. The number of nitrogens with zero attached hydrogens (tertiary/aromatic N) is 4. The second-order valence-corrected chi connectivity index (χ2v) is 7.69. The quantitative estimate of drug-likeness (QED) is 0.400. The third kappa shape index (κ3) is 3.71. The fourth-order valence-corrected chi connectivity index (χ4v) is 4.05. The molecule has 1 unspecified atom stereocenters. The average molecular weight is 392 g/mol. The van der Waals surface area contributed by atoms with Crippen molar-refractivity contribution in [1.82, 2.24) is 24.9 Å². The second kappa shape index (κ2) is 7.98. The van der Waals surface area contributed by atoms with Gasteiger partial charge in [-0.1, -0.05) is 61.2 Å². The van der Waals surface area contributed by atoms with Crippen molar-refractivity contribution in [3.63, 3.8) is 0 Å². The summed E-state index contributed by atoms with van der Waals surface area (Å²) in [5.74, 6) is 0.679. The average Bonchev–Trinajstić information content (AvgIpc) is 3.13. The number of benzene rings is 2. The number of para-hydroxylation sites is 1. The van der Waals surface area contributed by atoms with Crippen molar-refractivity contribution in [2.24, 2.45) is 0 Å². The predicted molar refractivity (Wildman–Crippen MR) is 111 cm³/mol. The van der Waals surface area contributed by atoms with Gasteiger partial charge in [0, 0.05) is 11.9 Å². The first-order chi connectivity index (χ1) is 13.7. The molecular formula is C21H21N5OS. The molecule has 7 heteroatoms. The molecule has 6 nitrogen and oxygen atoms in total. The van der Waals surface area contributed by atoms with Crippen molar-refractivity contribution in [1.29, 1.82) is 0 Å². The Labute approximate surface area is 167 Å². The van der Waals surface area contributed by atoms with Crippen LogP contribution in [0.1, 0.15) is 24.7 Å². The predicted octanol–water partition coefficient (Wildman–Crippen LogP) is 3.77. The number of hydrogen-bond acceptors (Lipinski definition) is 5. The van der Waals surface area contributed by atoms with E-state index in [1.165, 1.54) is 11.8 Å². The van der Waals surface area contributed by atoms with E-state index in [-0.39, 0.29) is 11.2 Å². The van der Waals surface area contributed by atoms with Crippen LogP contribution in [0.2, 0.25) is 0 Å². The van der Waals surface area contributed by atoms with Gasteiger partial charge >= 0.3 is 0 Å². The van der Waals surface area contributed by atoms with E-state index in [0.717, 1.165) is 22.1 Å². The Kier molecular flexibility index (Phi) is 5.25. The fourth-order valence-electron chi connectivity index (χ4n) is 3.06. The highest BCUT2D eigenvalue weighted by Crippen LogP contribution is 2.28. The molecule has 0 bridgehead atoms. The molecule has 1 amide bonds. The Morgan fingerprint density at radius 3 is 2.64 bits per heavy atom. The summed E-state index contributed by atoms with van der Waals surface area (Å²) in [6.45, 7) is 4.38. The molecule has 2 heterocycles. The molecule has 0 radical (unpaired) electrons. The zero-order valence-electron chi connectivity index (χ0n) is 15.8. The summed E-state index contributed by atoms with van der Waals surface area (Å²) in [7, 11) is 0. The SMILES string of the molecule is CCC(Sc1nc2ccccc2c2nc(C)nn12)C(=O)NCc1ccccc1. The largest absolute Gasteiger partial charge is 0.351 e. The highest BCUT2D eigenvalue weighted by Gasteiger charge is 2.21. The van der Waals surface area contributed by atoms with E-state index in [9.17, 15) is 4.79 Å². The van der Waals surface area contributed by atoms with Gasteiger partial charge in [0.05, 0.1) is 10.8 Å². The lowest BCUT2D eigenvalue weighted by Crippen LogP contribution is -2.32. The van der Waals surface area contributed by atoms with Gasteiger partial charge < -0.3 is 5.32 Å². The standard InChI is InChI=1S/C21H21N5OS/c1-3-18(20(27)22-13-15-9-5-4-6-10-15)28-21-24-17-12-8-7-11-16(17)19-23-14(2)25-26(19)21/h4-12,18H,3,13H2,1-2H3,(H,22,27). The van der Waals surface area contributed by atoms with Crippen LogP contribution in [0.4, 0.5) is 0 Å². The Bertz CT molecular complexity index is 1130. The van der Waals surface area contributed by atoms with Crippen LogP contribution >= 0.6 is 11.8 Å². The van der Waals surface area contributed by atoms with Gasteiger partial charge in [0.1, 0.15) is 5.82 Å². The number of aromatic nitrogens is 4. The maximum absolute atomic E-state index is 12.8. The molecule has 0 aliphatic rings. The fraction of sp³-hybridized carbons (Fsp3) is 0.238. The minimum Gasteiger partial charge on any atom is -0.351 e. The molecular weight excluding hydrogens is 370 g/mol. The maximum Gasteiger partial charge on any atom is 0.233 e. The topological polar surface area (TPSA) is 72.2 Å². The molecule has 4 aromatic rings. The molecule has 28 heavy (non-hydrogen) atoms. The van der Waals surface area contributed by atoms with Gasteiger partial charge in [-0.2, -0.15) is 4.52 Å². The summed E-state index contributed by atoms with van der Waals surface area (Å²) in [5, 5.41) is 8.89. The van der Waals surface area contributed by atoms with Crippen molar-refractivity contribution in [3.8, 4) is 0 Å². The summed E-state index contributed by atoms with van der Waals surface area (Å²) in [6, 6.07) is 17.8. The van der Waals surface area contributed by atoms with Crippen molar-refractivity contribution >= 4 is 34.2 Å². The first-order valence-corrected chi connectivity index (χ1v) is 10.1. The van der Waals surface area contributed by atoms with Crippen LogP contribution in [0.5, 0.6) is 0 Å². The molecule has 1 N–H and O–H groups in total. The van der Waals surface area contributed by atoms with Crippen LogP contribution in [-0.4, -0.2) is 30.7 Å². The van der Waals surface area contributed by atoms with Crippen molar-refractivity contribution < 1.29 is 4.79 Å². The second-order valence-electron chi connectivity index (χ2n) is 6.52. The Morgan fingerprint density at radius 2 is 1.86 bits per heavy atom. The number of aryl methyl sites for hydroxylation is 1. The lowest BCUT2D eigenvalue weighted by molar-refractivity contribution is -0.120. The Balaban J connectivity index is 1.60. The molecule has 0 aliphatic heterocycles. The van der Waals surface area contributed by atoms with Gasteiger partial charge in [-0.05, 0) is 31.0 Å². The summed E-state index contributed by atoms with van der Waals surface area (Å²) in [6.07, 6.45) is 0.689. The smallest absolute Gasteiger partial charge is 0.233 e. The number of rotatable bonds is 6. The number of carbonyl (C=O) groups is 1. The zero-order valence-corrected chi connectivity index (χ0v) is 16.6. The van der Waals surface area contributed by atoms with E-state index >= 15 is 0 Å². The number of nitrogens with one attached hydrogen (secondary N) is 1. The first kappa shape index (κ1) is 18.4. The molecule has 2 aromatic carbocycles. The van der Waals surface area contributed by atoms with E-state index in [1.807, 2.05) is 68.4 Å². The van der Waals surface area contributed by atoms with Crippen molar-refractivity contribution in [2.75, 3.05) is 0 Å². The van der Waals surface area contributed by atoms with Crippen LogP contribution in [0, 0.1) is 6.92 Å². The van der Waals surface area contributed by atoms with Gasteiger partial charge in [0.15, 0.2) is 10.8 Å². The van der Waals surface area contributed by atoms with Crippen LogP contribution in [0.25, 0.3) is 16.6 Å². The number of carbonyl (C=O) groups excluding carboxylic acids is 1. The summed E-state index contributed by atoms with van der Waals surface area (Å²) in [4.78, 5) is 22.1. The van der Waals surface area contributed by atoms with Crippen LogP contribution in [0.15, 0.2) is 59.8 Å². The van der Waals surface area contributed by atoms with E-state index < -0.39 is 0 Å². The zero-order chi connectivity index (χ0) is 19.5. The highest BCUT2D eigenvalue weighted by molar-refractivity contribution is 8.00. The Morgan fingerprint density at radius 1 is 1.11 bits per heavy atom. The third-order valence-electron chi connectivity index (χ3n) is 4.48. The molecule has 0 spiro atoms. The molecule has 4 rings (SSSR count). The minimum atomic E-state index is -0.259. The first-order valence-electron chi connectivity index (χ1n) is 9.26. The van der Waals surface area contributed by atoms with E-state index in [2.05, 4.69) is 15.4 Å². The van der Waals surface area contributed by atoms with Gasteiger partial charge in [-0.15, -0.1) is 5.10 Å². The summed E-state index contributed by atoms with van der Waals surface area (Å²) < 4.78 is 1.75. The molecule has 142 valence electrons. The lowest BCUT2D eigenvalue weighted by Gasteiger charge is -2.15. The third-order valence-corrected chi connectivity index (χ3v) is 5.78. The molecule has 0 fully saturated rings. The summed E-state index contributed by atoms with van der Waals surface area (Å²) >= 11 is 1.43. The number of fused-ring (bicyclic) bond motifs is 3. The van der Waals surface area contributed by atoms with E-state index in [4.69, 9.17) is 4.98 Å². The normalized spacial score (nSPS) is 12.4.